The summed E-state index contributed by atoms with van der Waals surface area (Å²) in [5, 5.41) is 11.8. The fraction of sp³-hybridized carbons (Fsp3) is 0.333. The number of aliphatic hydroxyl groups excluding tert-OH is 1. The van der Waals surface area contributed by atoms with E-state index in [1.54, 1.807) is 11.3 Å². The maximum Gasteiger partial charge on any atom is 0.196 e. The fourth-order valence-corrected chi connectivity index (χ4v) is 5.61. The lowest BCUT2D eigenvalue weighted by atomic mass is 9.68. The van der Waals surface area contributed by atoms with Gasteiger partial charge in [-0.05, 0) is 43.2 Å². The summed E-state index contributed by atoms with van der Waals surface area (Å²) < 4.78 is 7.42. The number of hydrogen-bond donors (Lipinski definition) is 1. The van der Waals surface area contributed by atoms with Crippen LogP contribution in [0, 0.1) is 6.92 Å². The number of ketones is 1. The summed E-state index contributed by atoms with van der Waals surface area (Å²) in [5.74, 6) is 0.405. The first-order chi connectivity index (χ1) is 13.9. The van der Waals surface area contributed by atoms with Crippen LogP contribution in [0.5, 0.6) is 0 Å². The third kappa shape index (κ3) is 2.64. The highest BCUT2D eigenvalue weighted by Crippen LogP contribution is 2.46. The Morgan fingerprint density at radius 1 is 1.10 bits per heavy atom. The molecule has 4 nitrogen and oxygen atoms in total. The van der Waals surface area contributed by atoms with Crippen molar-refractivity contribution in [2.45, 2.75) is 52.4 Å². The van der Waals surface area contributed by atoms with E-state index in [9.17, 15) is 14.7 Å². The van der Waals surface area contributed by atoms with E-state index in [0.717, 1.165) is 20.5 Å². The monoisotopic (exact) mass is 408 g/mol. The minimum atomic E-state index is -0.924. The van der Waals surface area contributed by atoms with Crippen LogP contribution >= 0.6 is 11.3 Å². The standard InChI is InChI=1S/C24H24O4S/c1-5-14-20(26)19-16(25)12-17(28-23(19)24(6-2,7-3)22(14)27)21-13(4)15-10-8-9-11-18(15)29-21/h8-12,26H,5-7H2,1-4H3. The molecule has 1 aromatic carbocycles. The normalized spacial score (nSPS) is 15.8. The molecule has 0 saturated carbocycles. The Morgan fingerprint density at radius 3 is 2.41 bits per heavy atom. The number of benzene rings is 1. The van der Waals surface area contributed by atoms with Crippen LogP contribution in [0.1, 0.15) is 56.9 Å². The lowest BCUT2D eigenvalue weighted by Crippen LogP contribution is -2.41. The van der Waals surface area contributed by atoms with Crippen LogP contribution in [-0.2, 0) is 10.2 Å². The number of thiophene rings is 1. The highest BCUT2D eigenvalue weighted by atomic mass is 32.1. The van der Waals surface area contributed by atoms with Gasteiger partial charge in [-0.1, -0.05) is 39.0 Å². The van der Waals surface area contributed by atoms with Gasteiger partial charge in [0.25, 0.3) is 0 Å². The molecule has 0 amide bonds. The van der Waals surface area contributed by atoms with Crippen LogP contribution in [0.4, 0.5) is 0 Å². The van der Waals surface area contributed by atoms with E-state index >= 15 is 0 Å². The second kappa shape index (κ2) is 6.99. The predicted octanol–water partition coefficient (Wildman–Crippen LogP) is 6.15. The number of aryl methyl sites for hydroxylation is 1. The molecular formula is C24H24O4S. The third-order valence-corrected chi connectivity index (χ3v) is 7.53. The number of Topliss-reactive ketones (excluding diaryl/α,β-unsaturated/α-hetero) is 1. The van der Waals surface area contributed by atoms with Gasteiger partial charge in [0.05, 0.1) is 10.3 Å². The van der Waals surface area contributed by atoms with Gasteiger partial charge in [0, 0.05) is 16.3 Å². The molecule has 0 aliphatic heterocycles. The van der Waals surface area contributed by atoms with Crippen LogP contribution in [0.2, 0.25) is 0 Å². The molecule has 29 heavy (non-hydrogen) atoms. The third-order valence-electron chi connectivity index (χ3n) is 6.24. The maximum atomic E-state index is 13.3. The quantitative estimate of drug-likeness (QED) is 0.562. The van der Waals surface area contributed by atoms with Crippen LogP contribution in [-0.4, -0.2) is 10.9 Å². The van der Waals surface area contributed by atoms with Gasteiger partial charge in [-0.3, -0.25) is 9.59 Å². The molecule has 0 unspecified atom stereocenters. The molecular weight excluding hydrogens is 384 g/mol. The molecule has 0 bridgehead atoms. The van der Waals surface area contributed by atoms with Crippen molar-refractivity contribution in [3.8, 4) is 10.6 Å². The second-order valence-corrected chi connectivity index (χ2v) is 8.58. The summed E-state index contributed by atoms with van der Waals surface area (Å²) in [5.41, 5.74) is 0.280. The summed E-state index contributed by atoms with van der Waals surface area (Å²) >= 11 is 1.57. The van der Waals surface area contributed by atoms with E-state index in [1.807, 2.05) is 45.9 Å². The van der Waals surface area contributed by atoms with Crippen molar-refractivity contribution in [3.63, 3.8) is 0 Å². The van der Waals surface area contributed by atoms with Gasteiger partial charge in [0.2, 0.25) is 0 Å². The van der Waals surface area contributed by atoms with E-state index < -0.39 is 5.41 Å². The second-order valence-electron chi connectivity index (χ2n) is 7.53. The summed E-state index contributed by atoms with van der Waals surface area (Å²) in [7, 11) is 0. The highest BCUT2D eigenvalue weighted by molar-refractivity contribution is 7.22. The van der Waals surface area contributed by atoms with Gasteiger partial charge >= 0.3 is 0 Å². The van der Waals surface area contributed by atoms with Crippen molar-refractivity contribution in [3.05, 3.63) is 63.0 Å². The molecule has 0 spiro atoms. The van der Waals surface area contributed by atoms with Crippen molar-refractivity contribution in [2.75, 3.05) is 0 Å². The van der Waals surface area contributed by atoms with Crippen molar-refractivity contribution >= 4 is 33.0 Å². The molecule has 0 fully saturated rings. The Bertz CT molecular complexity index is 1220. The minimum absolute atomic E-state index is 0.136. The van der Waals surface area contributed by atoms with Crippen molar-refractivity contribution in [1.82, 2.24) is 0 Å². The maximum absolute atomic E-state index is 13.3. The molecule has 150 valence electrons. The predicted molar refractivity (Wildman–Crippen MR) is 118 cm³/mol. The van der Waals surface area contributed by atoms with E-state index in [0.29, 0.717) is 36.4 Å². The zero-order valence-electron chi connectivity index (χ0n) is 17.1. The molecule has 1 N–H and O–H groups in total. The molecule has 0 radical (unpaired) electrons. The Balaban J connectivity index is 2.06. The number of hydrogen-bond acceptors (Lipinski definition) is 5. The van der Waals surface area contributed by atoms with Gasteiger partial charge < -0.3 is 9.52 Å². The first-order valence-corrected chi connectivity index (χ1v) is 10.9. The topological polar surface area (TPSA) is 67.5 Å². The van der Waals surface area contributed by atoms with Crippen LogP contribution < -0.4 is 5.43 Å². The molecule has 3 aromatic rings. The molecule has 1 aliphatic carbocycles. The average molecular weight is 409 g/mol. The Morgan fingerprint density at radius 2 is 1.79 bits per heavy atom. The molecule has 4 rings (SSSR count). The van der Waals surface area contributed by atoms with E-state index in [4.69, 9.17) is 4.42 Å². The summed E-state index contributed by atoms with van der Waals surface area (Å²) in [4.78, 5) is 27.3. The number of allylic oxidation sites excluding steroid dienone is 1. The summed E-state index contributed by atoms with van der Waals surface area (Å²) in [6, 6.07) is 9.52. The Hall–Kier alpha value is -2.66. The van der Waals surface area contributed by atoms with Gasteiger partial charge in [0.1, 0.15) is 22.8 Å². The van der Waals surface area contributed by atoms with Gasteiger partial charge in [-0.25, -0.2) is 0 Å². The smallest absolute Gasteiger partial charge is 0.196 e. The number of carbonyl (C=O) groups is 1. The Kier molecular flexibility index (Phi) is 4.74. The van der Waals surface area contributed by atoms with Crippen LogP contribution in [0.3, 0.4) is 0 Å². The SMILES string of the molecule is CCC1=C(O)c2c(oc(-c3sc4ccccc4c3C)cc2=O)C(CC)(CC)C1=O. The highest BCUT2D eigenvalue weighted by Gasteiger charge is 2.48. The lowest BCUT2D eigenvalue weighted by Gasteiger charge is -2.35. The molecule has 2 heterocycles. The molecule has 0 saturated heterocycles. The zero-order chi connectivity index (χ0) is 20.9. The number of aliphatic hydroxyl groups is 1. The number of carbonyl (C=O) groups excluding carboxylic acids is 1. The van der Waals surface area contributed by atoms with Crippen LogP contribution in [0.25, 0.3) is 26.5 Å². The first-order valence-electron chi connectivity index (χ1n) is 10.0. The van der Waals surface area contributed by atoms with Gasteiger partial charge in [-0.15, -0.1) is 11.3 Å². The van der Waals surface area contributed by atoms with E-state index in [-0.39, 0.29) is 22.5 Å². The minimum Gasteiger partial charge on any atom is -0.507 e. The van der Waals surface area contributed by atoms with E-state index in [1.165, 1.54) is 6.07 Å². The van der Waals surface area contributed by atoms with Crippen LogP contribution in [0.15, 0.2) is 45.1 Å². The first kappa shape index (κ1) is 19.6. The number of rotatable bonds is 4. The largest absolute Gasteiger partial charge is 0.507 e. The van der Waals surface area contributed by atoms with Crippen molar-refractivity contribution in [2.24, 2.45) is 0 Å². The molecule has 5 heteroatoms. The summed E-state index contributed by atoms with van der Waals surface area (Å²) in [6.45, 7) is 7.69. The van der Waals surface area contributed by atoms with E-state index in [2.05, 4.69) is 6.07 Å². The summed E-state index contributed by atoms with van der Waals surface area (Å²) in [6.07, 6.45) is 1.39. The molecule has 2 aromatic heterocycles. The van der Waals surface area contributed by atoms with Crippen molar-refractivity contribution in [1.29, 1.82) is 0 Å². The van der Waals surface area contributed by atoms with Crippen molar-refractivity contribution < 1.29 is 14.3 Å². The zero-order valence-corrected chi connectivity index (χ0v) is 17.9. The van der Waals surface area contributed by atoms with Gasteiger partial charge in [0.15, 0.2) is 11.2 Å². The lowest BCUT2D eigenvalue weighted by molar-refractivity contribution is -0.122. The molecule has 1 aliphatic rings. The number of fused-ring (bicyclic) bond motifs is 2. The van der Waals surface area contributed by atoms with Gasteiger partial charge in [-0.2, -0.15) is 0 Å². The Labute approximate surface area is 173 Å². The average Bonchev–Trinajstić information content (AvgIpc) is 3.06. The fourth-order valence-electron chi connectivity index (χ4n) is 4.45. The molecule has 0 atom stereocenters.